The van der Waals surface area contributed by atoms with E-state index in [4.69, 9.17) is 0 Å². The number of amides is 2. The van der Waals surface area contributed by atoms with Crippen LogP contribution in [0.25, 0.3) is 0 Å². The first-order chi connectivity index (χ1) is 10.4. The maximum atomic E-state index is 12.4. The maximum Gasteiger partial charge on any atom is 0.239 e. The molecule has 0 saturated carbocycles. The second-order valence-electron chi connectivity index (χ2n) is 6.45. The molecule has 22 heavy (non-hydrogen) atoms. The Morgan fingerprint density at radius 1 is 0.955 bits per heavy atom. The van der Waals surface area contributed by atoms with Crippen molar-refractivity contribution < 1.29 is 9.59 Å². The van der Waals surface area contributed by atoms with Crippen molar-refractivity contribution in [3.05, 3.63) is 0 Å². The SMILES string of the molecule is CCCCCCC(C)(CCCCC)N(C(C)=O)C(=O)CSC. The van der Waals surface area contributed by atoms with Gasteiger partial charge in [0.2, 0.25) is 11.8 Å². The number of hydrogen-bond acceptors (Lipinski definition) is 3. The van der Waals surface area contributed by atoms with Gasteiger partial charge < -0.3 is 0 Å². The Kier molecular flexibility index (Phi) is 11.7. The normalized spacial score (nSPS) is 13.7. The van der Waals surface area contributed by atoms with Crippen LogP contribution in [0.1, 0.15) is 85.5 Å². The van der Waals surface area contributed by atoms with Crippen LogP contribution < -0.4 is 0 Å². The lowest BCUT2D eigenvalue weighted by Gasteiger charge is -2.40. The number of unbranched alkanes of at least 4 members (excludes halogenated alkanes) is 5. The molecule has 0 aliphatic rings. The van der Waals surface area contributed by atoms with Crippen LogP contribution in [-0.4, -0.2) is 34.3 Å². The Bertz CT molecular complexity index is 333. The molecular weight excluding hydrogens is 294 g/mol. The van der Waals surface area contributed by atoms with Crippen LogP contribution in [0.4, 0.5) is 0 Å². The van der Waals surface area contributed by atoms with Gasteiger partial charge in [0.25, 0.3) is 0 Å². The highest BCUT2D eigenvalue weighted by Gasteiger charge is 2.36. The summed E-state index contributed by atoms with van der Waals surface area (Å²) < 4.78 is 0. The summed E-state index contributed by atoms with van der Waals surface area (Å²) >= 11 is 1.49. The molecule has 0 aliphatic heterocycles. The molecule has 0 spiro atoms. The molecule has 0 aromatic heterocycles. The number of rotatable bonds is 12. The van der Waals surface area contributed by atoms with Crippen LogP contribution in [0.3, 0.4) is 0 Å². The van der Waals surface area contributed by atoms with Gasteiger partial charge in [-0.15, -0.1) is 0 Å². The average molecular weight is 330 g/mol. The lowest BCUT2D eigenvalue weighted by molar-refractivity contribution is -0.149. The van der Waals surface area contributed by atoms with E-state index in [-0.39, 0.29) is 17.4 Å². The predicted octanol–water partition coefficient (Wildman–Crippen LogP) is 5.03. The van der Waals surface area contributed by atoms with Crippen molar-refractivity contribution in [2.45, 2.75) is 91.0 Å². The van der Waals surface area contributed by atoms with E-state index in [0.29, 0.717) is 5.75 Å². The van der Waals surface area contributed by atoms with Crippen LogP contribution >= 0.6 is 11.8 Å². The number of imide groups is 1. The summed E-state index contributed by atoms with van der Waals surface area (Å²) in [4.78, 5) is 26.1. The van der Waals surface area contributed by atoms with Gasteiger partial charge in [0.1, 0.15) is 0 Å². The van der Waals surface area contributed by atoms with Crippen molar-refractivity contribution in [2.24, 2.45) is 0 Å². The zero-order chi connectivity index (χ0) is 17.0. The van der Waals surface area contributed by atoms with Gasteiger partial charge in [-0.2, -0.15) is 11.8 Å². The highest BCUT2D eigenvalue weighted by Crippen LogP contribution is 2.30. The Balaban J connectivity index is 5.02. The van der Waals surface area contributed by atoms with Gasteiger partial charge in [0, 0.05) is 12.5 Å². The van der Waals surface area contributed by atoms with Crippen LogP contribution in [0.15, 0.2) is 0 Å². The summed E-state index contributed by atoms with van der Waals surface area (Å²) in [5.74, 6) is 0.251. The smallest absolute Gasteiger partial charge is 0.239 e. The highest BCUT2D eigenvalue weighted by atomic mass is 32.2. The molecule has 3 nitrogen and oxygen atoms in total. The lowest BCUT2D eigenvalue weighted by atomic mass is 9.86. The summed E-state index contributed by atoms with van der Waals surface area (Å²) in [6.45, 7) is 8.01. The molecule has 0 fully saturated rings. The maximum absolute atomic E-state index is 12.4. The van der Waals surface area contributed by atoms with Crippen LogP contribution in [0.5, 0.6) is 0 Å². The molecule has 0 aromatic carbocycles. The van der Waals surface area contributed by atoms with Crippen LogP contribution in [-0.2, 0) is 9.59 Å². The van der Waals surface area contributed by atoms with E-state index in [1.807, 2.05) is 6.26 Å². The van der Waals surface area contributed by atoms with Crippen molar-refractivity contribution in [3.8, 4) is 0 Å². The molecule has 130 valence electrons. The van der Waals surface area contributed by atoms with Gasteiger partial charge in [0.15, 0.2) is 0 Å². The molecule has 0 aliphatic carbocycles. The Hall–Kier alpha value is -0.510. The fourth-order valence-electron chi connectivity index (χ4n) is 3.08. The zero-order valence-electron chi connectivity index (χ0n) is 15.2. The van der Waals surface area contributed by atoms with Crippen molar-refractivity contribution in [1.29, 1.82) is 0 Å². The first kappa shape index (κ1) is 21.5. The van der Waals surface area contributed by atoms with Crippen LogP contribution in [0.2, 0.25) is 0 Å². The number of thioether (sulfide) groups is 1. The molecule has 0 aromatic rings. The van der Waals surface area contributed by atoms with E-state index < -0.39 is 0 Å². The van der Waals surface area contributed by atoms with Gasteiger partial charge in [-0.25, -0.2) is 0 Å². The molecule has 1 unspecified atom stereocenters. The van der Waals surface area contributed by atoms with Gasteiger partial charge in [-0.05, 0) is 26.0 Å². The van der Waals surface area contributed by atoms with Gasteiger partial charge >= 0.3 is 0 Å². The molecule has 0 N–H and O–H groups in total. The first-order valence-electron chi connectivity index (χ1n) is 8.75. The quantitative estimate of drug-likeness (QED) is 0.471. The fourth-order valence-corrected chi connectivity index (χ4v) is 3.46. The second-order valence-corrected chi connectivity index (χ2v) is 7.31. The monoisotopic (exact) mass is 329 g/mol. The predicted molar refractivity (Wildman–Crippen MR) is 97.2 cm³/mol. The number of hydrogen-bond donors (Lipinski definition) is 0. The summed E-state index contributed by atoms with van der Waals surface area (Å²) in [7, 11) is 0. The molecule has 2 amide bonds. The Morgan fingerprint density at radius 2 is 1.45 bits per heavy atom. The summed E-state index contributed by atoms with van der Waals surface area (Å²) in [6, 6.07) is 0. The lowest BCUT2D eigenvalue weighted by Crippen LogP contribution is -2.53. The molecule has 0 rings (SSSR count). The zero-order valence-corrected chi connectivity index (χ0v) is 16.1. The third kappa shape index (κ3) is 7.66. The van der Waals surface area contributed by atoms with Crippen molar-refractivity contribution in [1.82, 2.24) is 4.90 Å². The molecule has 0 saturated heterocycles. The van der Waals surface area contributed by atoms with E-state index in [1.165, 1.54) is 37.9 Å². The second kappa shape index (κ2) is 12.0. The van der Waals surface area contributed by atoms with E-state index in [9.17, 15) is 9.59 Å². The van der Waals surface area contributed by atoms with E-state index in [2.05, 4.69) is 20.8 Å². The topological polar surface area (TPSA) is 37.4 Å². The largest absolute Gasteiger partial charge is 0.276 e. The van der Waals surface area contributed by atoms with Crippen molar-refractivity contribution >= 4 is 23.6 Å². The third-order valence-corrected chi connectivity index (χ3v) is 4.80. The van der Waals surface area contributed by atoms with E-state index in [0.717, 1.165) is 38.5 Å². The Morgan fingerprint density at radius 3 is 1.91 bits per heavy atom. The molecule has 0 bridgehead atoms. The number of carbonyl (C=O) groups is 2. The van der Waals surface area contributed by atoms with Crippen molar-refractivity contribution in [2.75, 3.05) is 12.0 Å². The van der Waals surface area contributed by atoms with E-state index in [1.54, 1.807) is 4.90 Å². The molecule has 0 radical (unpaired) electrons. The summed E-state index contributed by atoms with van der Waals surface area (Å²) in [6.07, 6.45) is 11.9. The summed E-state index contributed by atoms with van der Waals surface area (Å²) in [5.41, 5.74) is -0.318. The summed E-state index contributed by atoms with van der Waals surface area (Å²) in [5, 5.41) is 0. The highest BCUT2D eigenvalue weighted by molar-refractivity contribution is 7.99. The molecule has 4 heteroatoms. The molecule has 1 atom stereocenters. The van der Waals surface area contributed by atoms with E-state index >= 15 is 0 Å². The first-order valence-corrected chi connectivity index (χ1v) is 10.1. The van der Waals surface area contributed by atoms with Gasteiger partial charge in [-0.3, -0.25) is 14.5 Å². The minimum Gasteiger partial charge on any atom is -0.276 e. The van der Waals surface area contributed by atoms with Crippen molar-refractivity contribution in [3.63, 3.8) is 0 Å². The Labute approximate surface area is 141 Å². The number of nitrogens with zero attached hydrogens (tertiary/aromatic N) is 1. The minimum atomic E-state index is -0.318. The molecule has 0 heterocycles. The van der Waals surface area contributed by atoms with Gasteiger partial charge in [-0.1, -0.05) is 58.8 Å². The van der Waals surface area contributed by atoms with Gasteiger partial charge in [0.05, 0.1) is 5.75 Å². The third-order valence-electron chi connectivity index (χ3n) is 4.26. The molecular formula is C18H35NO2S. The number of carbonyl (C=O) groups excluding carboxylic acids is 2. The fraction of sp³-hybridized carbons (Fsp3) is 0.889. The average Bonchev–Trinajstić information content (AvgIpc) is 2.44. The standard InChI is InChI=1S/C18H35NO2S/c1-6-8-10-12-14-18(4,13-11-9-7-2)19(16(3)20)17(21)15-22-5/h6-15H2,1-5H3. The minimum absolute atomic E-state index is 0.0329. The van der Waals surface area contributed by atoms with Crippen LogP contribution in [0, 0.1) is 0 Å².